The molecule has 2 aromatic rings. The van der Waals surface area contributed by atoms with Crippen molar-refractivity contribution >= 4 is 17.7 Å². The molecule has 1 unspecified atom stereocenters. The minimum atomic E-state index is -0.186. The molecule has 1 aliphatic heterocycles. The van der Waals surface area contributed by atoms with Crippen LogP contribution in [-0.2, 0) is 0 Å². The highest BCUT2D eigenvalue weighted by molar-refractivity contribution is 8.00. The van der Waals surface area contributed by atoms with E-state index in [1.807, 2.05) is 48.5 Å². The van der Waals surface area contributed by atoms with E-state index >= 15 is 0 Å². The SMILES string of the molecule is CC(C)Sc1ccccc1C(=O)NCC1COc2ccccc2O1. The van der Waals surface area contributed by atoms with Gasteiger partial charge in [0.15, 0.2) is 11.5 Å². The maximum Gasteiger partial charge on any atom is 0.252 e. The predicted molar refractivity (Wildman–Crippen MR) is 96.1 cm³/mol. The molecular weight excluding hydrogens is 322 g/mol. The highest BCUT2D eigenvalue weighted by Crippen LogP contribution is 2.31. The van der Waals surface area contributed by atoms with E-state index < -0.39 is 0 Å². The predicted octanol–water partition coefficient (Wildman–Crippen LogP) is 3.76. The molecule has 0 radical (unpaired) electrons. The number of amides is 1. The van der Waals surface area contributed by atoms with E-state index in [0.717, 1.165) is 16.4 Å². The van der Waals surface area contributed by atoms with Gasteiger partial charge in [0.1, 0.15) is 12.7 Å². The summed E-state index contributed by atoms with van der Waals surface area (Å²) in [6, 6.07) is 15.2. The zero-order valence-electron chi connectivity index (χ0n) is 13.8. The van der Waals surface area contributed by atoms with Crippen LogP contribution in [0.3, 0.4) is 0 Å². The Kier molecular flexibility index (Phi) is 5.30. The Balaban J connectivity index is 1.61. The third-order valence-corrected chi connectivity index (χ3v) is 4.63. The standard InChI is InChI=1S/C19H21NO3S/c1-13(2)24-18-10-6-3-7-15(18)19(21)20-11-14-12-22-16-8-4-5-9-17(16)23-14/h3-10,13-14H,11-12H2,1-2H3,(H,20,21). The summed E-state index contributed by atoms with van der Waals surface area (Å²) in [4.78, 5) is 13.5. The molecule has 0 fully saturated rings. The Hall–Kier alpha value is -2.14. The van der Waals surface area contributed by atoms with Crippen molar-refractivity contribution in [2.75, 3.05) is 13.2 Å². The highest BCUT2D eigenvalue weighted by atomic mass is 32.2. The van der Waals surface area contributed by atoms with Gasteiger partial charge < -0.3 is 14.8 Å². The number of carbonyl (C=O) groups excluding carboxylic acids is 1. The van der Waals surface area contributed by atoms with Crippen molar-refractivity contribution in [3.05, 3.63) is 54.1 Å². The molecule has 24 heavy (non-hydrogen) atoms. The first-order valence-corrected chi connectivity index (χ1v) is 8.94. The molecule has 1 amide bonds. The molecule has 1 aliphatic rings. The van der Waals surface area contributed by atoms with Gasteiger partial charge in [-0.1, -0.05) is 38.1 Å². The fourth-order valence-electron chi connectivity index (χ4n) is 2.48. The number of hydrogen-bond donors (Lipinski definition) is 1. The second-order valence-corrected chi connectivity index (χ2v) is 7.49. The Morgan fingerprint density at radius 3 is 2.67 bits per heavy atom. The van der Waals surface area contributed by atoms with Crippen LogP contribution in [0.25, 0.3) is 0 Å². The third kappa shape index (κ3) is 4.03. The first kappa shape index (κ1) is 16.7. The second-order valence-electron chi connectivity index (χ2n) is 5.87. The molecule has 5 heteroatoms. The fourth-order valence-corrected chi connectivity index (χ4v) is 3.43. The van der Waals surface area contributed by atoms with E-state index in [9.17, 15) is 4.79 Å². The molecule has 0 spiro atoms. The molecule has 4 nitrogen and oxygen atoms in total. The number of hydrogen-bond acceptors (Lipinski definition) is 4. The molecule has 2 aromatic carbocycles. The number of thioether (sulfide) groups is 1. The van der Waals surface area contributed by atoms with Crippen LogP contribution in [0, 0.1) is 0 Å². The van der Waals surface area contributed by atoms with Crippen LogP contribution in [0.4, 0.5) is 0 Å². The number of ether oxygens (including phenoxy) is 2. The summed E-state index contributed by atoms with van der Waals surface area (Å²) in [7, 11) is 0. The summed E-state index contributed by atoms with van der Waals surface area (Å²) in [6.07, 6.45) is -0.186. The number of fused-ring (bicyclic) bond motifs is 1. The van der Waals surface area contributed by atoms with Gasteiger partial charge in [-0.3, -0.25) is 4.79 Å². The quantitative estimate of drug-likeness (QED) is 0.840. The van der Waals surface area contributed by atoms with Gasteiger partial charge in [-0.2, -0.15) is 0 Å². The molecule has 1 N–H and O–H groups in total. The molecule has 0 saturated heterocycles. The van der Waals surface area contributed by atoms with Gasteiger partial charge in [-0.05, 0) is 24.3 Å². The van der Waals surface area contributed by atoms with Crippen molar-refractivity contribution < 1.29 is 14.3 Å². The van der Waals surface area contributed by atoms with Crippen molar-refractivity contribution in [1.29, 1.82) is 0 Å². The lowest BCUT2D eigenvalue weighted by Gasteiger charge is -2.26. The molecule has 0 aromatic heterocycles. The number of para-hydroxylation sites is 2. The van der Waals surface area contributed by atoms with Crippen LogP contribution >= 0.6 is 11.8 Å². The molecular formula is C19H21NO3S. The summed E-state index contributed by atoms with van der Waals surface area (Å²) >= 11 is 1.69. The van der Waals surface area contributed by atoms with Crippen molar-refractivity contribution in [3.8, 4) is 11.5 Å². The summed E-state index contributed by atoms with van der Waals surface area (Å²) in [5.74, 6) is 1.39. The molecule has 1 atom stereocenters. The van der Waals surface area contributed by atoms with E-state index in [1.54, 1.807) is 11.8 Å². The molecule has 0 aliphatic carbocycles. The third-order valence-electron chi connectivity index (χ3n) is 3.55. The van der Waals surface area contributed by atoms with E-state index in [4.69, 9.17) is 9.47 Å². The first-order chi connectivity index (χ1) is 11.6. The normalized spacial score (nSPS) is 16.0. The minimum absolute atomic E-state index is 0.0822. The topological polar surface area (TPSA) is 47.6 Å². The Morgan fingerprint density at radius 1 is 1.17 bits per heavy atom. The summed E-state index contributed by atoms with van der Waals surface area (Å²) in [5.41, 5.74) is 0.702. The van der Waals surface area contributed by atoms with Gasteiger partial charge in [-0.15, -0.1) is 11.8 Å². The summed E-state index contributed by atoms with van der Waals surface area (Å²) in [5, 5.41) is 3.38. The average Bonchev–Trinajstić information content (AvgIpc) is 2.59. The monoisotopic (exact) mass is 343 g/mol. The van der Waals surface area contributed by atoms with Crippen LogP contribution in [0.5, 0.6) is 11.5 Å². The van der Waals surface area contributed by atoms with Crippen LogP contribution < -0.4 is 14.8 Å². The highest BCUT2D eigenvalue weighted by Gasteiger charge is 2.22. The van der Waals surface area contributed by atoms with E-state index in [2.05, 4.69) is 19.2 Å². The van der Waals surface area contributed by atoms with Crippen molar-refractivity contribution in [3.63, 3.8) is 0 Å². The zero-order chi connectivity index (χ0) is 16.9. The van der Waals surface area contributed by atoms with Crippen molar-refractivity contribution in [1.82, 2.24) is 5.32 Å². The van der Waals surface area contributed by atoms with E-state index in [1.165, 1.54) is 0 Å². The largest absolute Gasteiger partial charge is 0.486 e. The molecule has 3 rings (SSSR count). The van der Waals surface area contributed by atoms with Crippen molar-refractivity contribution in [2.45, 2.75) is 30.1 Å². The Labute approximate surface area is 146 Å². The Bertz CT molecular complexity index is 717. The van der Waals surface area contributed by atoms with Crippen molar-refractivity contribution in [2.24, 2.45) is 0 Å². The zero-order valence-corrected chi connectivity index (χ0v) is 14.6. The first-order valence-electron chi connectivity index (χ1n) is 8.06. The van der Waals surface area contributed by atoms with Gasteiger partial charge in [-0.25, -0.2) is 0 Å². The van der Waals surface area contributed by atoms with E-state index in [0.29, 0.717) is 24.0 Å². The molecule has 126 valence electrons. The summed E-state index contributed by atoms with van der Waals surface area (Å²) in [6.45, 7) is 5.07. The number of rotatable bonds is 5. The lowest BCUT2D eigenvalue weighted by Crippen LogP contribution is -2.40. The second kappa shape index (κ2) is 7.62. The van der Waals surface area contributed by atoms with Gasteiger partial charge in [0.05, 0.1) is 12.1 Å². The van der Waals surface area contributed by atoms with Gasteiger partial charge >= 0.3 is 0 Å². The van der Waals surface area contributed by atoms with Crippen LogP contribution in [-0.4, -0.2) is 30.4 Å². The molecule has 1 heterocycles. The van der Waals surface area contributed by atoms with Crippen LogP contribution in [0.1, 0.15) is 24.2 Å². The van der Waals surface area contributed by atoms with Gasteiger partial charge in [0.25, 0.3) is 5.91 Å². The molecule has 0 bridgehead atoms. The Morgan fingerprint density at radius 2 is 1.88 bits per heavy atom. The van der Waals surface area contributed by atoms with Crippen LogP contribution in [0.2, 0.25) is 0 Å². The minimum Gasteiger partial charge on any atom is -0.486 e. The molecule has 0 saturated carbocycles. The smallest absolute Gasteiger partial charge is 0.252 e. The maximum atomic E-state index is 12.5. The lowest BCUT2D eigenvalue weighted by atomic mass is 10.2. The lowest BCUT2D eigenvalue weighted by molar-refractivity contribution is 0.0787. The average molecular weight is 343 g/mol. The van der Waals surface area contributed by atoms with E-state index in [-0.39, 0.29) is 12.0 Å². The van der Waals surface area contributed by atoms with Gasteiger partial charge in [0, 0.05) is 10.1 Å². The fraction of sp³-hybridized carbons (Fsp3) is 0.316. The number of nitrogens with one attached hydrogen (secondary N) is 1. The number of benzene rings is 2. The number of carbonyl (C=O) groups is 1. The van der Waals surface area contributed by atoms with Crippen LogP contribution in [0.15, 0.2) is 53.4 Å². The summed E-state index contributed by atoms with van der Waals surface area (Å²) < 4.78 is 11.5. The van der Waals surface area contributed by atoms with Gasteiger partial charge in [0.2, 0.25) is 0 Å². The maximum absolute atomic E-state index is 12.5.